The Balaban J connectivity index is 1.69. The van der Waals surface area contributed by atoms with Crippen molar-refractivity contribution < 1.29 is 22.4 Å². The Morgan fingerprint density at radius 1 is 1.23 bits per heavy atom. The van der Waals surface area contributed by atoms with Crippen molar-refractivity contribution >= 4 is 23.2 Å². The van der Waals surface area contributed by atoms with Crippen molar-refractivity contribution in [1.29, 1.82) is 0 Å². The molecule has 3 heterocycles. The molecule has 9 heteroatoms. The van der Waals surface area contributed by atoms with Crippen molar-refractivity contribution in [1.82, 2.24) is 14.7 Å². The van der Waals surface area contributed by atoms with Gasteiger partial charge < -0.3 is 9.73 Å². The smallest absolute Gasteiger partial charge is 0.420 e. The van der Waals surface area contributed by atoms with E-state index in [0.29, 0.717) is 5.56 Å². The number of amides is 1. The number of alkyl halides is 3. The maximum atomic E-state index is 13.7. The minimum Gasteiger partial charge on any atom is -0.472 e. The zero-order valence-corrected chi connectivity index (χ0v) is 17.0. The third-order valence-electron chi connectivity index (χ3n) is 4.97. The van der Waals surface area contributed by atoms with Gasteiger partial charge in [0.05, 0.1) is 18.1 Å². The molecule has 0 aliphatic carbocycles. The summed E-state index contributed by atoms with van der Waals surface area (Å²) in [5, 5.41) is 2.51. The van der Waals surface area contributed by atoms with Crippen LogP contribution in [0.2, 0.25) is 5.15 Å². The highest BCUT2D eigenvalue weighted by Gasteiger charge is 2.36. The first-order valence-electron chi connectivity index (χ1n) is 9.40. The van der Waals surface area contributed by atoms with Gasteiger partial charge in [-0.05, 0) is 23.6 Å². The molecule has 4 aromatic rings. The summed E-state index contributed by atoms with van der Waals surface area (Å²) in [6, 6.07) is 12.0. The fourth-order valence-corrected chi connectivity index (χ4v) is 3.54. The van der Waals surface area contributed by atoms with Crippen molar-refractivity contribution in [3.63, 3.8) is 0 Å². The lowest BCUT2D eigenvalue weighted by atomic mass is 10.0. The SMILES string of the molecule is CC(CNC(=O)c1nc2c(C(F)(F)F)cc(-c3ccoc3)cn2c1Cl)c1ccccc1. The summed E-state index contributed by atoms with van der Waals surface area (Å²) in [6.07, 6.45) is -0.612. The van der Waals surface area contributed by atoms with E-state index in [1.807, 2.05) is 37.3 Å². The van der Waals surface area contributed by atoms with E-state index in [1.165, 1.54) is 24.8 Å². The van der Waals surface area contributed by atoms with Crippen LogP contribution in [-0.2, 0) is 6.18 Å². The number of furan rings is 1. The molecule has 5 nitrogen and oxygen atoms in total. The number of carbonyl (C=O) groups is 1. The molecule has 0 spiro atoms. The van der Waals surface area contributed by atoms with E-state index < -0.39 is 23.3 Å². The summed E-state index contributed by atoms with van der Waals surface area (Å²) in [5.41, 5.74) is -0.00187. The number of halogens is 4. The van der Waals surface area contributed by atoms with Crippen LogP contribution >= 0.6 is 11.6 Å². The van der Waals surface area contributed by atoms with Crippen molar-refractivity contribution in [2.75, 3.05) is 6.54 Å². The number of carbonyl (C=O) groups excluding carboxylic acids is 1. The molecule has 160 valence electrons. The van der Waals surface area contributed by atoms with Crippen molar-refractivity contribution in [3.8, 4) is 11.1 Å². The summed E-state index contributed by atoms with van der Waals surface area (Å²) < 4.78 is 47.1. The van der Waals surface area contributed by atoms with Crippen LogP contribution in [-0.4, -0.2) is 21.8 Å². The Kier molecular flexibility index (Phi) is 5.49. The second-order valence-corrected chi connectivity index (χ2v) is 7.48. The Hall–Kier alpha value is -3.26. The first-order valence-corrected chi connectivity index (χ1v) is 9.78. The summed E-state index contributed by atoms with van der Waals surface area (Å²) in [5.74, 6) is -0.645. The molecular formula is C22H17ClF3N3O2. The van der Waals surface area contributed by atoms with E-state index >= 15 is 0 Å². The van der Waals surface area contributed by atoms with Gasteiger partial charge in [0.1, 0.15) is 5.15 Å². The van der Waals surface area contributed by atoms with Gasteiger partial charge >= 0.3 is 6.18 Å². The van der Waals surface area contributed by atoms with Crippen LogP contribution in [0.25, 0.3) is 16.8 Å². The molecule has 1 amide bonds. The molecule has 4 rings (SSSR count). The summed E-state index contributed by atoms with van der Waals surface area (Å²) in [6.45, 7) is 2.21. The highest BCUT2D eigenvalue weighted by atomic mass is 35.5. The van der Waals surface area contributed by atoms with E-state index in [1.54, 1.807) is 0 Å². The summed E-state index contributed by atoms with van der Waals surface area (Å²) in [4.78, 5) is 16.6. The number of fused-ring (bicyclic) bond motifs is 1. The molecule has 1 N–H and O–H groups in total. The largest absolute Gasteiger partial charge is 0.472 e. The van der Waals surface area contributed by atoms with Crippen LogP contribution < -0.4 is 5.32 Å². The molecule has 0 saturated carbocycles. The number of nitrogens with zero attached hydrogens (tertiary/aromatic N) is 2. The van der Waals surface area contributed by atoms with Crippen LogP contribution in [0.3, 0.4) is 0 Å². The van der Waals surface area contributed by atoms with Gasteiger partial charge in [-0.15, -0.1) is 0 Å². The van der Waals surface area contributed by atoms with Crippen LogP contribution in [0.5, 0.6) is 0 Å². The van der Waals surface area contributed by atoms with Crippen LogP contribution in [0, 0.1) is 0 Å². The zero-order valence-electron chi connectivity index (χ0n) is 16.3. The number of hydrogen-bond acceptors (Lipinski definition) is 3. The second kappa shape index (κ2) is 8.11. The number of pyridine rings is 1. The third-order valence-corrected chi connectivity index (χ3v) is 5.34. The normalized spacial score (nSPS) is 12.8. The predicted molar refractivity (Wildman–Crippen MR) is 110 cm³/mol. The van der Waals surface area contributed by atoms with E-state index in [9.17, 15) is 18.0 Å². The standard InChI is InChI=1S/C22H17ClF3N3O2/c1-13(14-5-3-2-4-6-14)10-27-21(30)18-19(23)29-11-16(15-7-8-31-12-15)9-17(20(29)28-18)22(24,25)26/h2-9,11-13H,10H2,1H3,(H,27,30). The second-order valence-electron chi connectivity index (χ2n) is 7.12. The lowest BCUT2D eigenvalue weighted by molar-refractivity contribution is -0.136. The van der Waals surface area contributed by atoms with Gasteiger partial charge in [0.2, 0.25) is 0 Å². The minimum atomic E-state index is -4.69. The molecule has 0 bridgehead atoms. The number of benzene rings is 1. The predicted octanol–water partition coefficient (Wildman–Crippen LogP) is 5.80. The quantitative estimate of drug-likeness (QED) is 0.420. The van der Waals surface area contributed by atoms with Gasteiger partial charge in [-0.25, -0.2) is 4.98 Å². The molecule has 1 aromatic carbocycles. The molecule has 3 aromatic heterocycles. The fraction of sp³-hybridized carbons (Fsp3) is 0.182. The van der Waals surface area contributed by atoms with Crippen molar-refractivity contribution in [2.24, 2.45) is 0 Å². The van der Waals surface area contributed by atoms with Gasteiger partial charge in [0.25, 0.3) is 5.91 Å². The lowest BCUT2D eigenvalue weighted by Gasteiger charge is -2.12. The summed E-state index contributed by atoms with van der Waals surface area (Å²) >= 11 is 6.29. The first-order chi connectivity index (χ1) is 14.8. The van der Waals surface area contributed by atoms with Gasteiger partial charge in [0.15, 0.2) is 11.3 Å². The maximum Gasteiger partial charge on any atom is 0.420 e. The molecule has 0 aliphatic rings. The maximum absolute atomic E-state index is 13.7. The molecular weight excluding hydrogens is 431 g/mol. The van der Waals surface area contributed by atoms with Gasteiger partial charge in [-0.2, -0.15) is 13.2 Å². The Labute approximate surface area is 180 Å². The minimum absolute atomic E-state index is 0.000568. The molecule has 1 unspecified atom stereocenters. The fourth-order valence-electron chi connectivity index (χ4n) is 3.29. The molecule has 0 saturated heterocycles. The monoisotopic (exact) mass is 447 g/mol. The van der Waals surface area contributed by atoms with Gasteiger partial charge in [0, 0.05) is 23.9 Å². The lowest BCUT2D eigenvalue weighted by Crippen LogP contribution is -2.28. The Bertz CT molecular complexity index is 1220. The average Bonchev–Trinajstić information content (AvgIpc) is 3.40. The van der Waals surface area contributed by atoms with E-state index in [-0.39, 0.29) is 28.9 Å². The average molecular weight is 448 g/mol. The number of nitrogens with one attached hydrogen (secondary N) is 1. The molecule has 0 radical (unpaired) electrons. The van der Waals surface area contributed by atoms with E-state index in [2.05, 4.69) is 10.3 Å². The Morgan fingerprint density at radius 2 is 1.97 bits per heavy atom. The van der Waals surface area contributed by atoms with Crippen LogP contribution in [0.4, 0.5) is 13.2 Å². The highest BCUT2D eigenvalue weighted by Crippen LogP contribution is 2.37. The topological polar surface area (TPSA) is 59.5 Å². The van der Waals surface area contributed by atoms with Crippen LogP contribution in [0.1, 0.15) is 34.5 Å². The van der Waals surface area contributed by atoms with Gasteiger partial charge in [-0.1, -0.05) is 48.9 Å². The molecule has 0 fully saturated rings. The van der Waals surface area contributed by atoms with Crippen LogP contribution in [0.15, 0.2) is 65.6 Å². The van der Waals surface area contributed by atoms with Crippen molar-refractivity contribution in [3.05, 3.63) is 83.2 Å². The van der Waals surface area contributed by atoms with E-state index in [0.717, 1.165) is 16.0 Å². The number of hydrogen-bond donors (Lipinski definition) is 1. The number of aromatic nitrogens is 2. The molecule has 0 aliphatic heterocycles. The van der Waals surface area contributed by atoms with Gasteiger partial charge in [-0.3, -0.25) is 9.20 Å². The number of imidazole rings is 1. The third kappa shape index (κ3) is 4.16. The zero-order chi connectivity index (χ0) is 22.2. The Morgan fingerprint density at radius 3 is 2.61 bits per heavy atom. The molecule has 1 atom stereocenters. The highest BCUT2D eigenvalue weighted by molar-refractivity contribution is 6.33. The number of rotatable bonds is 5. The molecule has 31 heavy (non-hydrogen) atoms. The van der Waals surface area contributed by atoms with E-state index in [4.69, 9.17) is 16.0 Å². The summed E-state index contributed by atoms with van der Waals surface area (Å²) in [7, 11) is 0. The first kappa shape index (κ1) is 21.0. The van der Waals surface area contributed by atoms with Crippen molar-refractivity contribution in [2.45, 2.75) is 19.0 Å².